The molecule has 0 unspecified atom stereocenters. The summed E-state index contributed by atoms with van der Waals surface area (Å²) in [6, 6.07) is 15.3. The second-order valence-electron chi connectivity index (χ2n) is 10.5. The van der Waals surface area contributed by atoms with Crippen LogP contribution in [0.1, 0.15) is 113 Å². The van der Waals surface area contributed by atoms with E-state index in [1.807, 2.05) is 24.3 Å². The lowest BCUT2D eigenvalue weighted by atomic mass is 9.96. The first kappa shape index (κ1) is 31.3. The van der Waals surface area contributed by atoms with Crippen molar-refractivity contribution in [3.8, 4) is 11.5 Å². The molecule has 0 amide bonds. The molecular weight excluding hydrogens is 512 g/mol. The summed E-state index contributed by atoms with van der Waals surface area (Å²) in [5.41, 5.74) is 1.59. The van der Waals surface area contributed by atoms with Crippen molar-refractivity contribution in [3.05, 3.63) is 59.7 Å². The van der Waals surface area contributed by atoms with Gasteiger partial charge < -0.3 is 18.9 Å². The summed E-state index contributed by atoms with van der Waals surface area (Å²) in [5.74, 6) is 1.56. The van der Waals surface area contributed by atoms with Gasteiger partial charge in [-0.05, 0) is 67.6 Å². The van der Waals surface area contributed by atoms with Gasteiger partial charge in [0, 0.05) is 0 Å². The third kappa shape index (κ3) is 11.0. The Morgan fingerprint density at radius 2 is 1.31 bits per heavy atom. The van der Waals surface area contributed by atoms with Crippen LogP contribution < -0.4 is 9.47 Å². The molecule has 1 saturated heterocycles. The van der Waals surface area contributed by atoms with E-state index >= 15 is 0 Å². The molecule has 3 rings (SSSR count). The summed E-state index contributed by atoms with van der Waals surface area (Å²) in [5, 5.41) is 0. The van der Waals surface area contributed by atoms with Crippen molar-refractivity contribution in [3.63, 3.8) is 0 Å². The third-order valence-corrected chi connectivity index (χ3v) is 7.56. The van der Waals surface area contributed by atoms with Gasteiger partial charge in [0.15, 0.2) is 0 Å². The summed E-state index contributed by atoms with van der Waals surface area (Å²) < 4.78 is 23.8. The van der Waals surface area contributed by atoms with Crippen LogP contribution in [0.4, 0.5) is 0 Å². The number of carbonyl (C=O) groups excluding carboxylic acids is 1. The standard InChI is InChI=1S/C33H47ClO5/c1-3-5-7-9-10-12-24-37-29-19-15-27(16-20-29)33(35)39-31-22-21-30(38-32(31)25-34)26-13-17-28(18-14-26)36-23-11-8-6-4-2/h13-20,30-32H,3-12,21-25H2,1-2H3/t30-,31-,32+/m0/s1. The maximum Gasteiger partial charge on any atom is 0.338 e. The fourth-order valence-electron chi connectivity index (χ4n) is 4.85. The monoisotopic (exact) mass is 558 g/mol. The number of unbranched alkanes of at least 4 members (excludes halogenated alkanes) is 8. The quantitative estimate of drug-likeness (QED) is 0.104. The highest BCUT2D eigenvalue weighted by atomic mass is 35.5. The van der Waals surface area contributed by atoms with E-state index in [-0.39, 0.29) is 30.2 Å². The van der Waals surface area contributed by atoms with Crippen molar-refractivity contribution in [2.75, 3.05) is 19.1 Å². The van der Waals surface area contributed by atoms with E-state index < -0.39 is 0 Å². The molecular formula is C33H47ClO5. The highest BCUT2D eigenvalue weighted by molar-refractivity contribution is 6.18. The minimum absolute atomic E-state index is 0.0783. The molecule has 39 heavy (non-hydrogen) atoms. The molecule has 1 heterocycles. The molecule has 3 atom stereocenters. The van der Waals surface area contributed by atoms with E-state index in [0.29, 0.717) is 18.6 Å². The SMILES string of the molecule is CCCCCCCCOc1ccc(C(=O)O[C@H]2CC[C@@H](c3ccc(OCCCCCC)cc3)O[C@@H]2CCl)cc1. The van der Waals surface area contributed by atoms with E-state index in [0.717, 1.165) is 42.9 Å². The lowest BCUT2D eigenvalue weighted by molar-refractivity contribution is -0.114. The van der Waals surface area contributed by atoms with Crippen LogP contribution in [0.5, 0.6) is 11.5 Å². The minimum Gasteiger partial charge on any atom is -0.494 e. The predicted octanol–water partition coefficient (Wildman–Crippen LogP) is 9.07. The van der Waals surface area contributed by atoms with E-state index in [2.05, 4.69) is 26.0 Å². The second kappa shape index (κ2) is 18.2. The average molecular weight is 559 g/mol. The van der Waals surface area contributed by atoms with Crippen LogP contribution >= 0.6 is 11.6 Å². The first-order chi connectivity index (χ1) is 19.1. The molecule has 0 saturated carbocycles. The summed E-state index contributed by atoms with van der Waals surface area (Å²) >= 11 is 6.24. The summed E-state index contributed by atoms with van der Waals surface area (Å²) in [7, 11) is 0. The summed E-state index contributed by atoms with van der Waals surface area (Å²) in [6.07, 6.45) is 12.8. The fraction of sp³-hybridized carbons (Fsp3) is 0.606. The van der Waals surface area contributed by atoms with Gasteiger partial charge in [-0.15, -0.1) is 11.6 Å². The largest absolute Gasteiger partial charge is 0.494 e. The number of rotatable bonds is 18. The molecule has 1 aliphatic rings. The maximum atomic E-state index is 12.8. The highest BCUT2D eigenvalue weighted by Gasteiger charge is 2.34. The molecule has 216 valence electrons. The number of esters is 1. The lowest BCUT2D eigenvalue weighted by Crippen LogP contribution is -2.40. The first-order valence-corrected chi connectivity index (χ1v) is 15.6. The van der Waals surface area contributed by atoms with Gasteiger partial charge in [-0.3, -0.25) is 0 Å². The number of ether oxygens (including phenoxy) is 4. The summed E-state index contributed by atoms with van der Waals surface area (Å²) in [6.45, 7) is 5.88. The van der Waals surface area contributed by atoms with E-state index in [4.69, 9.17) is 30.5 Å². The van der Waals surface area contributed by atoms with Gasteiger partial charge in [0.05, 0.1) is 30.8 Å². The van der Waals surface area contributed by atoms with Crippen molar-refractivity contribution in [2.24, 2.45) is 0 Å². The number of hydrogen-bond donors (Lipinski definition) is 0. The van der Waals surface area contributed by atoms with Crippen LogP contribution in [-0.4, -0.2) is 37.3 Å². The number of benzene rings is 2. The Labute approximate surface area is 240 Å². The van der Waals surface area contributed by atoms with E-state index in [1.165, 1.54) is 51.4 Å². The second-order valence-corrected chi connectivity index (χ2v) is 10.8. The van der Waals surface area contributed by atoms with Crippen LogP contribution in [0.2, 0.25) is 0 Å². The molecule has 2 aromatic rings. The van der Waals surface area contributed by atoms with Gasteiger partial charge in [-0.25, -0.2) is 4.79 Å². The zero-order valence-corrected chi connectivity index (χ0v) is 24.6. The Morgan fingerprint density at radius 3 is 1.90 bits per heavy atom. The van der Waals surface area contributed by atoms with Crippen molar-refractivity contribution in [1.29, 1.82) is 0 Å². The van der Waals surface area contributed by atoms with Gasteiger partial charge >= 0.3 is 5.97 Å². The van der Waals surface area contributed by atoms with Crippen molar-refractivity contribution < 1.29 is 23.7 Å². The smallest absolute Gasteiger partial charge is 0.338 e. The number of carbonyl (C=O) groups is 1. The average Bonchev–Trinajstić information content (AvgIpc) is 2.97. The van der Waals surface area contributed by atoms with Crippen LogP contribution in [0.25, 0.3) is 0 Å². The van der Waals surface area contributed by atoms with E-state index in [1.54, 1.807) is 12.1 Å². The van der Waals surface area contributed by atoms with Crippen molar-refractivity contribution >= 4 is 17.6 Å². The lowest BCUT2D eigenvalue weighted by Gasteiger charge is -2.35. The summed E-state index contributed by atoms with van der Waals surface area (Å²) in [4.78, 5) is 12.8. The van der Waals surface area contributed by atoms with Gasteiger partial charge in [-0.2, -0.15) is 0 Å². The third-order valence-electron chi connectivity index (χ3n) is 7.25. The minimum atomic E-state index is -0.374. The normalized spacial score (nSPS) is 19.0. The van der Waals surface area contributed by atoms with Crippen molar-refractivity contribution in [2.45, 2.75) is 109 Å². The Bertz CT molecular complexity index is 930. The molecule has 6 heteroatoms. The van der Waals surface area contributed by atoms with Crippen LogP contribution in [0.15, 0.2) is 48.5 Å². The first-order valence-electron chi connectivity index (χ1n) is 15.0. The van der Waals surface area contributed by atoms with Crippen molar-refractivity contribution in [1.82, 2.24) is 0 Å². The molecule has 0 N–H and O–H groups in total. The van der Waals surface area contributed by atoms with E-state index in [9.17, 15) is 4.79 Å². The van der Waals surface area contributed by atoms with Crippen LogP contribution in [-0.2, 0) is 9.47 Å². The van der Waals surface area contributed by atoms with Gasteiger partial charge in [0.1, 0.15) is 23.7 Å². The molecule has 1 aliphatic heterocycles. The molecule has 0 aliphatic carbocycles. The number of alkyl halides is 1. The molecule has 0 aromatic heterocycles. The fourth-order valence-corrected chi connectivity index (χ4v) is 5.12. The Morgan fingerprint density at radius 1 is 0.769 bits per heavy atom. The maximum absolute atomic E-state index is 12.8. The molecule has 2 aromatic carbocycles. The highest BCUT2D eigenvalue weighted by Crippen LogP contribution is 2.34. The van der Waals surface area contributed by atoms with Gasteiger partial charge in [-0.1, -0.05) is 77.3 Å². The molecule has 1 fully saturated rings. The predicted molar refractivity (Wildman–Crippen MR) is 158 cm³/mol. The molecule has 5 nitrogen and oxygen atoms in total. The van der Waals surface area contributed by atoms with Crippen LogP contribution in [0.3, 0.4) is 0 Å². The van der Waals surface area contributed by atoms with Gasteiger partial charge in [0.25, 0.3) is 0 Å². The number of halogens is 1. The zero-order chi connectivity index (χ0) is 27.7. The Kier molecular flexibility index (Phi) is 14.6. The van der Waals surface area contributed by atoms with Crippen LogP contribution in [0, 0.1) is 0 Å². The molecule has 0 radical (unpaired) electrons. The molecule has 0 spiro atoms. The Hall–Kier alpha value is -2.24. The Balaban J connectivity index is 1.41. The topological polar surface area (TPSA) is 54.0 Å². The zero-order valence-electron chi connectivity index (χ0n) is 23.9. The van der Waals surface area contributed by atoms with Gasteiger partial charge in [0.2, 0.25) is 0 Å². The number of hydrogen-bond acceptors (Lipinski definition) is 5. The molecule has 0 bridgehead atoms.